The maximum absolute atomic E-state index is 14.2. The average molecular weight is 526 g/mol. The number of urea groups is 1. The monoisotopic (exact) mass is 525 g/mol. The smallest absolute Gasteiger partial charge is 0.326 e. The van der Waals surface area contributed by atoms with E-state index in [2.05, 4.69) is 31.4 Å². The molecule has 0 bridgehead atoms. The van der Waals surface area contributed by atoms with Crippen LogP contribution in [0.5, 0.6) is 11.5 Å². The minimum Gasteiger partial charge on any atom is -0.457 e. The second kappa shape index (κ2) is 12.3. The molecule has 0 aliphatic rings. The van der Waals surface area contributed by atoms with E-state index in [-0.39, 0.29) is 30.1 Å². The number of amides is 3. The van der Waals surface area contributed by atoms with Gasteiger partial charge in [-0.15, -0.1) is 0 Å². The first-order valence-electron chi connectivity index (χ1n) is 12.8. The highest BCUT2D eigenvalue weighted by molar-refractivity contribution is 6.02. The first-order chi connectivity index (χ1) is 18.7. The Morgan fingerprint density at radius 3 is 2.05 bits per heavy atom. The summed E-state index contributed by atoms with van der Waals surface area (Å²) < 4.78 is 20.1. The Morgan fingerprint density at radius 2 is 1.41 bits per heavy atom. The number of halogens is 1. The molecule has 200 valence electrons. The number of rotatable bonds is 8. The zero-order valence-electron chi connectivity index (χ0n) is 22.3. The molecule has 0 heterocycles. The van der Waals surface area contributed by atoms with Gasteiger partial charge in [-0.05, 0) is 71.6 Å². The van der Waals surface area contributed by atoms with E-state index in [9.17, 15) is 14.0 Å². The topological polar surface area (TPSA) is 70.7 Å². The number of para-hydroxylation sites is 2. The predicted octanol–water partition coefficient (Wildman–Crippen LogP) is 7.38. The SMILES string of the molecule is CC(C)(C)c1ccc(C(=O)NCCN(C(=O)Nc2ccccc2F)c2ccc(Oc3ccccc3)cc2)cc1. The van der Waals surface area contributed by atoms with Gasteiger partial charge in [-0.25, -0.2) is 9.18 Å². The Morgan fingerprint density at radius 1 is 0.795 bits per heavy atom. The van der Waals surface area contributed by atoms with Crippen LogP contribution in [0.25, 0.3) is 0 Å². The Bertz CT molecular complexity index is 1400. The summed E-state index contributed by atoms with van der Waals surface area (Å²) in [6.45, 7) is 6.69. The lowest BCUT2D eigenvalue weighted by atomic mass is 9.87. The number of carbonyl (C=O) groups is 2. The van der Waals surface area contributed by atoms with Gasteiger partial charge in [0.2, 0.25) is 0 Å². The van der Waals surface area contributed by atoms with Crippen LogP contribution in [-0.2, 0) is 5.41 Å². The second-order valence-corrected chi connectivity index (χ2v) is 10.1. The molecule has 39 heavy (non-hydrogen) atoms. The predicted molar refractivity (Wildman–Crippen MR) is 153 cm³/mol. The van der Waals surface area contributed by atoms with E-state index in [1.54, 1.807) is 48.5 Å². The van der Waals surface area contributed by atoms with Crippen molar-refractivity contribution in [1.82, 2.24) is 5.32 Å². The molecule has 0 aliphatic heterocycles. The third-order valence-electron chi connectivity index (χ3n) is 6.12. The molecule has 0 fully saturated rings. The van der Waals surface area contributed by atoms with Gasteiger partial charge in [0.25, 0.3) is 5.91 Å². The molecule has 0 aromatic heterocycles. The first-order valence-corrected chi connectivity index (χ1v) is 12.8. The molecule has 3 amide bonds. The molecule has 6 nitrogen and oxygen atoms in total. The molecule has 4 aromatic carbocycles. The van der Waals surface area contributed by atoms with Crippen molar-refractivity contribution in [3.8, 4) is 11.5 Å². The van der Waals surface area contributed by atoms with Crippen LogP contribution < -0.4 is 20.3 Å². The van der Waals surface area contributed by atoms with Gasteiger partial charge in [0, 0.05) is 24.3 Å². The minimum absolute atomic E-state index is 0.0111. The lowest BCUT2D eigenvalue weighted by molar-refractivity contribution is 0.0954. The van der Waals surface area contributed by atoms with Gasteiger partial charge in [0.1, 0.15) is 17.3 Å². The minimum atomic E-state index is -0.538. The summed E-state index contributed by atoms with van der Waals surface area (Å²) in [5.41, 5.74) is 2.29. The van der Waals surface area contributed by atoms with E-state index < -0.39 is 11.8 Å². The van der Waals surface area contributed by atoms with Crippen LogP contribution in [0.1, 0.15) is 36.7 Å². The second-order valence-electron chi connectivity index (χ2n) is 10.1. The Labute approximate surface area is 228 Å². The molecule has 0 radical (unpaired) electrons. The average Bonchev–Trinajstić information content (AvgIpc) is 2.93. The van der Waals surface area contributed by atoms with Gasteiger partial charge in [0.15, 0.2) is 0 Å². The summed E-state index contributed by atoms with van der Waals surface area (Å²) in [4.78, 5) is 27.4. The summed E-state index contributed by atoms with van der Waals surface area (Å²) >= 11 is 0. The first kappa shape index (κ1) is 27.4. The summed E-state index contributed by atoms with van der Waals surface area (Å²) in [6.07, 6.45) is 0. The molecule has 0 spiro atoms. The third-order valence-corrected chi connectivity index (χ3v) is 6.12. The number of carbonyl (C=O) groups excluding carboxylic acids is 2. The lowest BCUT2D eigenvalue weighted by Gasteiger charge is -2.24. The van der Waals surface area contributed by atoms with Crippen molar-refractivity contribution in [2.45, 2.75) is 26.2 Å². The molecule has 4 rings (SSSR count). The summed E-state index contributed by atoms with van der Waals surface area (Å²) in [5, 5.41) is 5.49. The van der Waals surface area contributed by atoms with Crippen molar-refractivity contribution in [3.63, 3.8) is 0 Å². The van der Waals surface area contributed by atoms with Crippen LogP contribution in [0.15, 0.2) is 103 Å². The van der Waals surface area contributed by atoms with Crippen LogP contribution in [0, 0.1) is 5.82 Å². The van der Waals surface area contributed by atoms with Gasteiger partial charge in [-0.3, -0.25) is 9.69 Å². The Kier molecular flexibility index (Phi) is 8.61. The van der Waals surface area contributed by atoms with E-state index in [0.717, 1.165) is 5.56 Å². The number of ether oxygens (including phenoxy) is 1. The van der Waals surface area contributed by atoms with Crippen molar-refractivity contribution in [1.29, 1.82) is 0 Å². The highest BCUT2D eigenvalue weighted by Crippen LogP contribution is 2.25. The fourth-order valence-corrected chi connectivity index (χ4v) is 3.92. The maximum atomic E-state index is 14.2. The number of nitrogens with one attached hydrogen (secondary N) is 2. The van der Waals surface area contributed by atoms with Gasteiger partial charge in [-0.1, -0.05) is 63.2 Å². The largest absolute Gasteiger partial charge is 0.457 e. The van der Waals surface area contributed by atoms with Crippen LogP contribution >= 0.6 is 0 Å². The van der Waals surface area contributed by atoms with Gasteiger partial charge in [0.05, 0.1) is 5.69 Å². The van der Waals surface area contributed by atoms with E-state index in [1.807, 2.05) is 42.5 Å². The van der Waals surface area contributed by atoms with Crippen molar-refractivity contribution in [2.75, 3.05) is 23.3 Å². The lowest BCUT2D eigenvalue weighted by Crippen LogP contribution is -2.41. The van der Waals surface area contributed by atoms with Crippen molar-refractivity contribution in [3.05, 3.63) is 120 Å². The van der Waals surface area contributed by atoms with Crippen molar-refractivity contribution >= 4 is 23.3 Å². The van der Waals surface area contributed by atoms with Crippen LogP contribution in [0.3, 0.4) is 0 Å². The van der Waals surface area contributed by atoms with Crippen molar-refractivity contribution < 1.29 is 18.7 Å². The number of hydrogen-bond acceptors (Lipinski definition) is 3. The molecule has 0 unspecified atom stereocenters. The molecule has 2 N–H and O–H groups in total. The fraction of sp³-hybridized carbons (Fsp3) is 0.188. The molecular weight excluding hydrogens is 493 g/mol. The third kappa shape index (κ3) is 7.45. The highest BCUT2D eigenvalue weighted by atomic mass is 19.1. The van der Waals surface area contributed by atoms with Gasteiger partial charge in [-0.2, -0.15) is 0 Å². The van der Waals surface area contributed by atoms with E-state index in [4.69, 9.17) is 4.74 Å². The van der Waals surface area contributed by atoms with E-state index >= 15 is 0 Å². The standard InChI is InChI=1S/C32H32FN3O3/c1-32(2,3)24-15-13-23(14-16-24)30(37)34-21-22-36(31(38)35-29-12-8-7-11-28(29)33)25-17-19-27(20-18-25)39-26-9-5-4-6-10-26/h4-20H,21-22H2,1-3H3,(H,34,37)(H,35,38). The van der Waals surface area contributed by atoms with Crippen LogP contribution in [0.2, 0.25) is 0 Å². The number of anilines is 2. The molecule has 0 atom stereocenters. The molecular formula is C32H32FN3O3. The van der Waals surface area contributed by atoms with E-state index in [0.29, 0.717) is 22.7 Å². The highest BCUT2D eigenvalue weighted by Gasteiger charge is 2.19. The zero-order valence-corrected chi connectivity index (χ0v) is 22.3. The summed E-state index contributed by atoms with van der Waals surface area (Å²) in [7, 11) is 0. The van der Waals surface area contributed by atoms with Gasteiger partial charge >= 0.3 is 6.03 Å². The van der Waals surface area contributed by atoms with Crippen LogP contribution in [-0.4, -0.2) is 25.0 Å². The van der Waals surface area contributed by atoms with Crippen LogP contribution in [0.4, 0.5) is 20.6 Å². The van der Waals surface area contributed by atoms with E-state index in [1.165, 1.54) is 17.0 Å². The summed E-state index contributed by atoms with van der Waals surface area (Å²) in [6, 6.07) is 29.3. The number of benzene rings is 4. The zero-order chi connectivity index (χ0) is 27.8. The number of hydrogen-bond donors (Lipinski definition) is 2. The molecule has 0 aliphatic carbocycles. The fourth-order valence-electron chi connectivity index (χ4n) is 3.92. The maximum Gasteiger partial charge on any atom is 0.326 e. The Balaban J connectivity index is 1.46. The molecule has 0 saturated carbocycles. The number of nitrogens with zero attached hydrogens (tertiary/aromatic N) is 1. The molecule has 4 aromatic rings. The Hall–Kier alpha value is -4.65. The quantitative estimate of drug-likeness (QED) is 0.252. The summed E-state index contributed by atoms with van der Waals surface area (Å²) in [5.74, 6) is 0.519. The molecule has 7 heteroatoms. The van der Waals surface area contributed by atoms with Gasteiger partial charge < -0.3 is 15.4 Å². The normalized spacial score (nSPS) is 11.0. The van der Waals surface area contributed by atoms with Crippen molar-refractivity contribution in [2.24, 2.45) is 0 Å². The molecule has 0 saturated heterocycles.